The zero-order valence-corrected chi connectivity index (χ0v) is 12.0. The van der Waals surface area contributed by atoms with Gasteiger partial charge in [-0.3, -0.25) is 4.79 Å². The molecule has 0 saturated heterocycles. The molecule has 0 aromatic heterocycles. The summed E-state index contributed by atoms with van der Waals surface area (Å²) in [5.41, 5.74) is 7.43. The van der Waals surface area contributed by atoms with Crippen LogP contribution in [0.1, 0.15) is 15.9 Å². The summed E-state index contributed by atoms with van der Waals surface area (Å²) in [6.07, 6.45) is 0. The third-order valence-electron chi connectivity index (χ3n) is 2.89. The topological polar surface area (TPSA) is 64.8 Å². The van der Waals surface area contributed by atoms with E-state index >= 15 is 0 Å². The quantitative estimate of drug-likeness (QED) is 0.836. The lowest BCUT2D eigenvalue weighted by Gasteiger charge is -2.21. The van der Waals surface area contributed by atoms with E-state index < -0.39 is 0 Å². The Balaban J connectivity index is 2.76. The monoisotopic (exact) mass is 266 g/mol. The number of nitrogens with two attached hydrogens (primary N) is 1. The van der Waals surface area contributed by atoms with Crippen LogP contribution < -0.4 is 10.5 Å². The van der Waals surface area contributed by atoms with Gasteiger partial charge in [0.15, 0.2) is 0 Å². The summed E-state index contributed by atoms with van der Waals surface area (Å²) in [5, 5.41) is 0. The van der Waals surface area contributed by atoms with Gasteiger partial charge in [-0.1, -0.05) is 6.07 Å². The maximum Gasteiger partial charge on any atom is 0.253 e. The van der Waals surface area contributed by atoms with Crippen molar-refractivity contribution in [1.82, 2.24) is 4.90 Å². The molecule has 0 bridgehead atoms. The second-order valence-corrected chi connectivity index (χ2v) is 4.59. The molecule has 2 N–H and O–H groups in total. The number of amides is 1. The van der Waals surface area contributed by atoms with E-state index in [0.717, 1.165) is 5.56 Å². The van der Waals surface area contributed by atoms with Gasteiger partial charge in [-0.05, 0) is 24.6 Å². The highest BCUT2D eigenvalue weighted by Crippen LogP contribution is 2.19. The first kappa shape index (κ1) is 15.5. The number of hydrogen-bond acceptors (Lipinski definition) is 4. The molecular formula is C14H22N2O3. The molecule has 0 heterocycles. The maximum absolute atomic E-state index is 12.2. The van der Waals surface area contributed by atoms with Crippen LogP contribution in [0.5, 0.6) is 5.75 Å². The molecule has 1 unspecified atom stereocenters. The average Bonchev–Trinajstić information content (AvgIpc) is 2.38. The molecule has 1 atom stereocenters. The number of carbonyl (C=O) groups excluding carboxylic acids is 1. The largest absolute Gasteiger partial charge is 0.496 e. The minimum absolute atomic E-state index is 0.0788. The van der Waals surface area contributed by atoms with Crippen LogP contribution in [0, 0.1) is 6.92 Å². The van der Waals surface area contributed by atoms with Gasteiger partial charge in [-0.15, -0.1) is 0 Å². The highest BCUT2D eigenvalue weighted by Gasteiger charge is 2.15. The van der Waals surface area contributed by atoms with Crippen molar-refractivity contribution in [1.29, 1.82) is 0 Å². The van der Waals surface area contributed by atoms with Crippen molar-refractivity contribution in [3.8, 4) is 5.75 Å². The van der Waals surface area contributed by atoms with Crippen molar-refractivity contribution in [2.75, 3.05) is 34.4 Å². The first-order valence-electron chi connectivity index (χ1n) is 6.14. The minimum atomic E-state index is -0.189. The van der Waals surface area contributed by atoms with E-state index in [-0.39, 0.29) is 11.9 Å². The highest BCUT2D eigenvalue weighted by molar-refractivity contribution is 5.94. The van der Waals surface area contributed by atoms with Crippen LogP contribution in [0.3, 0.4) is 0 Å². The van der Waals surface area contributed by atoms with E-state index in [1.807, 2.05) is 13.0 Å². The van der Waals surface area contributed by atoms with Crippen molar-refractivity contribution < 1.29 is 14.3 Å². The van der Waals surface area contributed by atoms with Gasteiger partial charge in [-0.2, -0.15) is 0 Å². The van der Waals surface area contributed by atoms with Crippen LogP contribution in [-0.2, 0) is 4.74 Å². The molecule has 0 saturated carbocycles. The minimum Gasteiger partial charge on any atom is -0.496 e. The number of methoxy groups -OCH3 is 2. The summed E-state index contributed by atoms with van der Waals surface area (Å²) in [7, 11) is 4.91. The normalized spacial score (nSPS) is 12.1. The fraction of sp³-hybridized carbons (Fsp3) is 0.500. The van der Waals surface area contributed by atoms with Crippen LogP contribution in [0.2, 0.25) is 0 Å². The van der Waals surface area contributed by atoms with Crippen LogP contribution in [-0.4, -0.2) is 51.3 Å². The fourth-order valence-electron chi connectivity index (χ4n) is 1.87. The molecule has 0 aliphatic carbocycles. The number of hydrogen-bond donors (Lipinski definition) is 1. The molecule has 5 nitrogen and oxygen atoms in total. The third kappa shape index (κ3) is 4.22. The molecule has 1 amide bonds. The van der Waals surface area contributed by atoms with Crippen LogP contribution in [0.4, 0.5) is 0 Å². The molecule has 0 spiro atoms. The number of likely N-dealkylation sites (N-methyl/N-ethyl adjacent to an activating group) is 1. The first-order valence-corrected chi connectivity index (χ1v) is 6.14. The van der Waals surface area contributed by atoms with Gasteiger partial charge in [0.1, 0.15) is 5.75 Å². The molecule has 1 rings (SSSR count). The lowest BCUT2D eigenvalue weighted by Crippen LogP contribution is -2.41. The predicted molar refractivity (Wildman–Crippen MR) is 74.5 cm³/mol. The van der Waals surface area contributed by atoms with E-state index in [2.05, 4.69) is 0 Å². The number of carbonyl (C=O) groups is 1. The molecule has 5 heteroatoms. The lowest BCUT2D eigenvalue weighted by molar-refractivity contribution is 0.0764. The Bertz CT molecular complexity index is 435. The van der Waals surface area contributed by atoms with E-state index in [4.69, 9.17) is 15.2 Å². The Morgan fingerprint density at radius 2 is 2.11 bits per heavy atom. The van der Waals surface area contributed by atoms with Crippen molar-refractivity contribution >= 4 is 5.91 Å². The zero-order chi connectivity index (χ0) is 14.4. The molecule has 0 aliphatic heterocycles. The number of nitrogens with zero attached hydrogens (tertiary/aromatic N) is 1. The smallest absolute Gasteiger partial charge is 0.253 e. The number of ether oxygens (including phenoxy) is 2. The Morgan fingerprint density at radius 3 is 2.68 bits per heavy atom. The fourth-order valence-corrected chi connectivity index (χ4v) is 1.87. The Labute approximate surface area is 114 Å². The second kappa shape index (κ2) is 7.11. The number of rotatable bonds is 6. The molecule has 1 aromatic carbocycles. The summed E-state index contributed by atoms with van der Waals surface area (Å²) >= 11 is 0. The van der Waals surface area contributed by atoms with Crippen molar-refractivity contribution in [2.24, 2.45) is 5.73 Å². The average molecular weight is 266 g/mol. The first-order chi connectivity index (χ1) is 8.99. The molecular weight excluding hydrogens is 244 g/mol. The van der Waals surface area contributed by atoms with Crippen LogP contribution >= 0.6 is 0 Å². The van der Waals surface area contributed by atoms with Crippen LogP contribution in [0.15, 0.2) is 18.2 Å². The third-order valence-corrected chi connectivity index (χ3v) is 2.89. The van der Waals surface area contributed by atoms with Crippen molar-refractivity contribution in [3.05, 3.63) is 29.3 Å². The van der Waals surface area contributed by atoms with Crippen molar-refractivity contribution in [3.63, 3.8) is 0 Å². The lowest BCUT2D eigenvalue weighted by atomic mass is 10.1. The molecule has 0 fully saturated rings. The summed E-state index contributed by atoms with van der Waals surface area (Å²) in [4.78, 5) is 13.8. The zero-order valence-electron chi connectivity index (χ0n) is 12.0. The summed E-state index contributed by atoms with van der Waals surface area (Å²) in [5.74, 6) is 0.630. The van der Waals surface area contributed by atoms with Crippen molar-refractivity contribution in [2.45, 2.75) is 13.0 Å². The van der Waals surface area contributed by atoms with E-state index in [1.165, 1.54) is 0 Å². The molecule has 106 valence electrons. The van der Waals surface area contributed by atoms with Crippen LogP contribution in [0.25, 0.3) is 0 Å². The standard InChI is InChI=1S/C14H22N2O3/c1-10-5-6-11(7-13(10)19-4)14(17)16(2)8-12(15)9-18-3/h5-7,12H,8-9,15H2,1-4H3. The Morgan fingerprint density at radius 1 is 1.42 bits per heavy atom. The summed E-state index contributed by atoms with van der Waals surface area (Å²) in [6.45, 7) is 2.81. The molecule has 0 radical (unpaired) electrons. The van der Waals surface area contributed by atoms with E-state index in [1.54, 1.807) is 38.3 Å². The van der Waals surface area contributed by atoms with Gasteiger partial charge in [0, 0.05) is 32.3 Å². The SMILES string of the molecule is COCC(N)CN(C)C(=O)c1ccc(C)c(OC)c1. The van der Waals surface area contributed by atoms with Gasteiger partial charge >= 0.3 is 0 Å². The molecule has 1 aromatic rings. The summed E-state index contributed by atoms with van der Waals surface area (Å²) < 4.78 is 10.2. The maximum atomic E-state index is 12.2. The second-order valence-electron chi connectivity index (χ2n) is 4.59. The number of aryl methyl sites for hydroxylation is 1. The Hall–Kier alpha value is -1.59. The molecule has 19 heavy (non-hydrogen) atoms. The predicted octanol–water partition coefficient (Wildman–Crippen LogP) is 1.05. The highest BCUT2D eigenvalue weighted by atomic mass is 16.5. The van der Waals surface area contributed by atoms with Gasteiger partial charge in [0.05, 0.1) is 13.7 Å². The van der Waals surface area contributed by atoms with Gasteiger partial charge in [-0.25, -0.2) is 0 Å². The number of benzene rings is 1. The Kier molecular flexibility index (Phi) is 5.79. The van der Waals surface area contributed by atoms with Gasteiger partial charge in [0.25, 0.3) is 5.91 Å². The molecule has 0 aliphatic rings. The van der Waals surface area contributed by atoms with E-state index in [0.29, 0.717) is 24.5 Å². The van der Waals surface area contributed by atoms with Gasteiger partial charge < -0.3 is 20.1 Å². The van der Waals surface area contributed by atoms with E-state index in [9.17, 15) is 4.79 Å². The van der Waals surface area contributed by atoms with Gasteiger partial charge in [0.2, 0.25) is 0 Å². The summed E-state index contributed by atoms with van der Waals surface area (Å²) in [6, 6.07) is 5.22.